The van der Waals surface area contributed by atoms with Crippen molar-refractivity contribution in [3.05, 3.63) is 64.7 Å². The SMILES string of the molecule is Cc1cccc(N2CCN(Cc3cccc(CN)c3)CC2)c1C. The number of nitrogens with two attached hydrogens (primary N) is 1. The van der Waals surface area contributed by atoms with Crippen LogP contribution in [0.2, 0.25) is 0 Å². The second kappa shape index (κ2) is 7.16. The highest BCUT2D eigenvalue weighted by atomic mass is 15.3. The van der Waals surface area contributed by atoms with E-state index in [2.05, 4.69) is 66.1 Å². The number of rotatable bonds is 4. The van der Waals surface area contributed by atoms with Gasteiger partial charge in [0.2, 0.25) is 0 Å². The van der Waals surface area contributed by atoms with Gasteiger partial charge in [-0.3, -0.25) is 4.90 Å². The topological polar surface area (TPSA) is 32.5 Å². The number of benzene rings is 2. The number of nitrogens with zero attached hydrogens (tertiary/aromatic N) is 2. The van der Waals surface area contributed by atoms with Gasteiger partial charge in [-0.25, -0.2) is 0 Å². The maximum absolute atomic E-state index is 5.74. The molecule has 1 heterocycles. The summed E-state index contributed by atoms with van der Waals surface area (Å²) in [7, 11) is 0. The Morgan fingerprint density at radius 3 is 2.35 bits per heavy atom. The lowest BCUT2D eigenvalue weighted by Gasteiger charge is -2.37. The molecule has 0 aliphatic carbocycles. The third kappa shape index (κ3) is 3.74. The highest BCUT2D eigenvalue weighted by Crippen LogP contribution is 2.24. The molecular formula is C20H27N3. The van der Waals surface area contributed by atoms with Crippen LogP contribution < -0.4 is 10.6 Å². The Morgan fingerprint density at radius 1 is 0.913 bits per heavy atom. The van der Waals surface area contributed by atoms with Gasteiger partial charge in [-0.2, -0.15) is 0 Å². The molecule has 0 spiro atoms. The summed E-state index contributed by atoms with van der Waals surface area (Å²) < 4.78 is 0. The summed E-state index contributed by atoms with van der Waals surface area (Å²) in [4.78, 5) is 5.06. The van der Waals surface area contributed by atoms with Gasteiger partial charge in [-0.1, -0.05) is 36.4 Å². The molecular weight excluding hydrogens is 282 g/mol. The highest BCUT2D eigenvalue weighted by Gasteiger charge is 2.18. The van der Waals surface area contributed by atoms with E-state index in [4.69, 9.17) is 5.73 Å². The van der Waals surface area contributed by atoms with Gasteiger partial charge in [0.1, 0.15) is 0 Å². The molecule has 0 saturated carbocycles. The quantitative estimate of drug-likeness (QED) is 0.942. The van der Waals surface area contributed by atoms with E-state index in [1.54, 1.807) is 0 Å². The molecule has 122 valence electrons. The first-order valence-electron chi connectivity index (χ1n) is 8.49. The lowest BCUT2D eigenvalue weighted by atomic mass is 10.1. The van der Waals surface area contributed by atoms with Gasteiger partial charge in [0.25, 0.3) is 0 Å². The average molecular weight is 309 g/mol. The van der Waals surface area contributed by atoms with Crippen molar-refractivity contribution in [2.24, 2.45) is 5.73 Å². The summed E-state index contributed by atoms with van der Waals surface area (Å²) in [6.45, 7) is 10.5. The van der Waals surface area contributed by atoms with Crippen molar-refractivity contribution < 1.29 is 0 Å². The summed E-state index contributed by atoms with van der Waals surface area (Å²) in [6, 6.07) is 15.3. The van der Waals surface area contributed by atoms with Crippen LogP contribution in [-0.2, 0) is 13.1 Å². The molecule has 1 fully saturated rings. The number of piperazine rings is 1. The summed E-state index contributed by atoms with van der Waals surface area (Å²) in [5.74, 6) is 0. The first-order valence-corrected chi connectivity index (χ1v) is 8.49. The van der Waals surface area contributed by atoms with Crippen LogP contribution in [-0.4, -0.2) is 31.1 Å². The molecule has 3 heteroatoms. The van der Waals surface area contributed by atoms with Crippen LogP contribution in [0.5, 0.6) is 0 Å². The van der Waals surface area contributed by atoms with Crippen LogP contribution in [0.15, 0.2) is 42.5 Å². The van der Waals surface area contributed by atoms with Crippen molar-refractivity contribution in [1.29, 1.82) is 0 Å². The second-order valence-corrected chi connectivity index (χ2v) is 6.51. The molecule has 0 unspecified atom stereocenters. The van der Waals surface area contributed by atoms with Gasteiger partial charge >= 0.3 is 0 Å². The van der Waals surface area contributed by atoms with Crippen molar-refractivity contribution in [1.82, 2.24) is 4.90 Å². The van der Waals surface area contributed by atoms with E-state index in [1.165, 1.54) is 27.9 Å². The Bertz CT molecular complexity index is 658. The summed E-state index contributed by atoms with van der Waals surface area (Å²) >= 11 is 0. The standard InChI is InChI=1S/C20H27N3/c1-16-5-3-8-20(17(16)2)23-11-9-22(10-12-23)15-19-7-4-6-18(13-19)14-21/h3-8,13H,9-12,14-15,21H2,1-2H3. The molecule has 3 rings (SSSR count). The van der Waals surface area contributed by atoms with Crippen LogP contribution in [0.25, 0.3) is 0 Å². The monoisotopic (exact) mass is 309 g/mol. The molecule has 1 saturated heterocycles. The third-order valence-electron chi connectivity index (χ3n) is 4.92. The number of anilines is 1. The van der Waals surface area contributed by atoms with Crippen LogP contribution in [0.3, 0.4) is 0 Å². The van der Waals surface area contributed by atoms with Crippen LogP contribution in [0.1, 0.15) is 22.3 Å². The molecule has 0 aromatic heterocycles. The molecule has 0 atom stereocenters. The molecule has 23 heavy (non-hydrogen) atoms. The third-order valence-corrected chi connectivity index (χ3v) is 4.92. The first kappa shape index (κ1) is 16.0. The summed E-state index contributed by atoms with van der Waals surface area (Å²) in [5.41, 5.74) is 12.5. The molecule has 2 aromatic rings. The van der Waals surface area contributed by atoms with Crippen LogP contribution >= 0.6 is 0 Å². The first-order chi connectivity index (χ1) is 11.2. The van der Waals surface area contributed by atoms with Gasteiger partial charge in [0.05, 0.1) is 0 Å². The molecule has 2 aromatic carbocycles. The minimum atomic E-state index is 0.619. The van der Waals surface area contributed by atoms with Crippen molar-refractivity contribution in [3.8, 4) is 0 Å². The van der Waals surface area contributed by atoms with Gasteiger partial charge in [0.15, 0.2) is 0 Å². The second-order valence-electron chi connectivity index (χ2n) is 6.51. The van der Waals surface area contributed by atoms with Crippen molar-refractivity contribution in [2.75, 3.05) is 31.1 Å². The fourth-order valence-corrected chi connectivity index (χ4v) is 3.34. The molecule has 0 bridgehead atoms. The molecule has 1 aliphatic rings. The Hall–Kier alpha value is -1.84. The zero-order valence-corrected chi connectivity index (χ0v) is 14.3. The molecule has 0 radical (unpaired) electrons. The van der Waals surface area contributed by atoms with Crippen LogP contribution in [0.4, 0.5) is 5.69 Å². The zero-order chi connectivity index (χ0) is 16.2. The fraction of sp³-hybridized carbons (Fsp3) is 0.400. The summed E-state index contributed by atoms with van der Waals surface area (Å²) in [5, 5.41) is 0. The molecule has 3 nitrogen and oxygen atoms in total. The van der Waals surface area contributed by atoms with E-state index in [0.29, 0.717) is 6.54 Å². The van der Waals surface area contributed by atoms with Crippen LogP contribution in [0, 0.1) is 13.8 Å². The lowest BCUT2D eigenvalue weighted by molar-refractivity contribution is 0.249. The predicted octanol–water partition coefficient (Wildman–Crippen LogP) is 3.08. The van der Waals surface area contributed by atoms with Gasteiger partial charge < -0.3 is 10.6 Å². The van der Waals surface area contributed by atoms with Gasteiger partial charge in [-0.15, -0.1) is 0 Å². The Morgan fingerprint density at radius 2 is 1.61 bits per heavy atom. The minimum Gasteiger partial charge on any atom is -0.369 e. The number of hydrogen-bond acceptors (Lipinski definition) is 3. The molecule has 2 N–H and O–H groups in total. The maximum atomic E-state index is 5.74. The van der Waals surface area contributed by atoms with Gasteiger partial charge in [-0.05, 0) is 42.2 Å². The zero-order valence-electron chi connectivity index (χ0n) is 14.3. The Labute approximate surface area is 139 Å². The fourth-order valence-electron chi connectivity index (χ4n) is 3.34. The average Bonchev–Trinajstić information content (AvgIpc) is 2.58. The maximum Gasteiger partial charge on any atom is 0.0399 e. The Balaban J connectivity index is 1.61. The normalized spacial score (nSPS) is 15.9. The summed E-state index contributed by atoms with van der Waals surface area (Å²) in [6.07, 6.45) is 0. The highest BCUT2D eigenvalue weighted by molar-refractivity contribution is 5.56. The van der Waals surface area contributed by atoms with E-state index >= 15 is 0 Å². The smallest absolute Gasteiger partial charge is 0.0399 e. The van der Waals surface area contributed by atoms with Gasteiger partial charge in [0, 0.05) is 45.0 Å². The van der Waals surface area contributed by atoms with Crippen molar-refractivity contribution in [3.63, 3.8) is 0 Å². The Kier molecular flexibility index (Phi) is 4.99. The predicted molar refractivity (Wildman–Crippen MR) is 97.7 cm³/mol. The molecule has 1 aliphatic heterocycles. The lowest BCUT2D eigenvalue weighted by Crippen LogP contribution is -2.46. The van der Waals surface area contributed by atoms with E-state index in [0.717, 1.165) is 32.7 Å². The minimum absolute atomic E-state index is 0.619. The van der Waals surface area contributed by atoms with Crippen molar-refractivity contribution in [2.45, 2.75) is 26.9 Å². The van der Waals surface area contributed by atoms with E-state index < -0.39 is 0 Å². The van der Waals surface area contributed by atoms with Crippen molar-refractivity contribution >= 4 is 5.69 Å². The van der Waals surface area contributed by atoms with E-state index in [9.17, 15) is 0 Å². The van der Waals surface area contributed by atoms with E-state index in [-0.39, 0.29) is 0 Å². The molecule has 0 amide bonds. The number of aryl methyl sites for hydroxylation is 1. The number of hydrogen-bond donors (Lipinski definition) is 1. The largest absolute Gasteiger partial charge is 0.369 e. The van der Waals surface area contributed by atoms with E-state index in [1.807, 2.05) is 0 Å².